The maximum atomic E-state index is 10.8. The fourth-order valence-electron chi connectivity index (χ4n) is 2.23. The predicted octanol–water partition coefficient (Wildman–Crippen LogP) is 0.363. The van der Waals surface area contributed by atoms with E-state index in [1.54, 1.807) is 0 Å². The van der Waals surface area contributed by atoms with Crippen LogP contribution in [0.2, 0.25) is 0 Å². The smallest absolute Gasteiger partial charge is 0.136 e. The summed E-state index contributed by atoms with van der Waals surface area (Å²) in [6.07, 6.45) is 2.85. The number of hydrogen-bond donors (Lipinski definition) is 0. The zero-order valence-corrected chi connectivity index (χ0v) is 5.04. The van der Waals surface area contributed by atoms with Gasteiger partial charge in [0.05, 0.1) is 12.2 Å². The van der Waals surface area contributed by atoms with Crippen LogP contribution in [-0.4, -0.2) is 18.0 Å². The first-order chi connectivity index (χ1) is 4.36. The molecule has 0 unspecified atom stereocenters. The summed E-state index contributed by atoms with van der Waals surface area (Å²) in [4.78, 5) is 10.8. The molecule has 3 fully saturated rings. The van der Waals surface area contributed by atoms with E-state index in [0.717, 1.165) is 12.8 Å². The number of Topliss-reactive ketones (excluding diaryl/α,β-unsaturated/α-hetero) is 1. The molecule has 2 nitrogen and oxygen atoms in total. The van der Waals surface area contributed by atoms with Gasteiger partial charge in [-0.15, -0.1) is 0 Å². The molecule has 0 spiro atoms. The van der Waals surface area contributed by atoms with Crippen LogP contribution in [0.1, 0.15) is 12.8 Å². The number of fused-ring (bicyclic) bond motifs is 3. The topological polar surface area (TPSA) is 29.6 Å². The Morgan fingerprint density at radius 3 is 3.00 bits per heavy atom. The molecule has 9 heavy (non-hydrogen) atoms. The third kappa shape index (κ3) is 0.368. The normalized spacial score (nSPS) is 60.2. The second-order valence-corrected chi connectivity index (χ2v) is 3.32. The van der Waals surface area contributed by atoms with Crippen molar-refractivity contribution in [3.63, 3.8) is 0 Å². The summed E-state index contributed by atoms with van der Waals surface area (Å²) in [6.45, 7) is 0. The van der Waals surface area contributed by atoms with Gasteiger partial charge in [0.25, 0.3) is 0 Å². The van der Waals surface area contributed by atoms with Crippen molar-refractivity contribution in [1.82, 2.24) is 0 Å². The zero-order chi connectivity index (χ0) is 6.01. The van der Waals surface area contributed by atoms with E-state index < -0.39 is 0 Å². The van der Waals surface area contributed by atoms with Gasteiger partial charge in [0.15, 0.2) is 0 Å². The van der Waals surface area contributed by atoms with Crippen molar-refractivity contribution in [3.05, 3.63) is 0 Å². The molecule has 0 N–H and O–H groups in total. The number of ketones is 1. The number of ether oxygens (including phenoxy) is 1. The Bertz CT molecular complexity index is 187. The Morgan fingerprint density at radius 2 is 2.44 bits per heavy atom. The van der Waals surface area contributed by atoms with E-state index in [9.17, 15) is 4.79 Å². The highest BCUT2D eigenvalue weighted by Gasteiger charge is 2.62. The number of carbonyl (C=O) groups excluding carboxylic acids is 1. The van der Waals surface area contributed by atoms with Gasteiger partial charge in [0, 0.05) is 18.3 Å². The predicted molar refractivity (Wildman–Crippen MR) is 29.9 cm³/mol. The first-order valence-corrected chi connectivity index (χ1v) is 3.54. The lowest BCUT2D eigenvalue weighted by Crippen LogP contribution is -2.36. The molecule has 0 aromatic carbocycles. The summed E-state index contributed by atoms with van der Waals surface area (Å²) < 4.78 is 5.28. The molecule has 0 radical (unpaired) electrons. The molecule has 0 bridgehead atoms. The monoisotopic (exact) mass is 124 g/mol. The fourth-order valence-corrected chi connectivity index (χ4v) is 2.23. The van der Waals surface area contributed by atoms with Crippen molar-refractivity contribution in [1.29, 1.82) is 0 Å². The number of rotatable bonds is 0. The standard InChI is InChI=1S/C7H8O2/c8-5-1-4-3(5)2-6-7(4)9-6/h3-4,6-7H,1-2H2/t3-,4-,6+,7-/m0/s1. The molecule has 4 atom stereocenters. The molecular weight excluding hydrogens is 116 g/mol. The summed E-state index contributed by atoms with van der Waals surface area (Å²) in [5.74, 6) is 1.55. The van der Waals surface area contributed by atoms with E-state index in [0.29, 0.717) is 29.8 Å². The molecule has 1 saturated heterocycles. The van der Waals surface area contributed by atoms with E-state index in [2.05, 4.69) is 0 Å². The maximum absolute atomic E-state index is 10.8. The summed E-state index contributed by atoms with van der Waals surface area (Å²) in [5, 5.41) is 0. The van der Waals surface area contributed by atoms with E-state index in [-0.39, 0.29) is 0 Å². The van der Waals surface area contributed by atoms with Gasteiger partial charge in [0.2, 0.25) is 0 Å². The van der Waals surface area contributed by atoms with Crippen LogP contribution in [0.15, 0.2) is 0 Å². The lowest BCUT2D eigenvalue weighted by Gasteiger charge is -2.29. The van der Waals surface area contributed by atoms with Crippen LogP contribution in [0.4, 0.5) is 0 Å². The summed E-state index contributed by atoms with van der Waals surface area (Å²) >= 11 is 0. The van der Waals surface area contributed by atoms with Crippen molar-refractivity contribution in [3.8, 4) is 0 Å². The number of hydrogen-bond acceptors (Lipinski definition) is 2. The van der Waals surface area contributed by atoms with Gasteiger partial charge < -0.3 is 4.74 Å². The molecule has 2 aliphatic carbocycles. The summed E-state index contributed by atoms with van der Waals surface area (Å²) in [5.41, 5.74) is 0. The van der Waals surface area contributed by atoms with Crippen LogP contribution in [0.3, 0.4) is 0 Å². The largest absolute Gasteiger partial charge is 0.369 e. The van der Waals surface area contributed by atoms with Crippen molar-refractivity contribution in [2.24, 2.45) is 11.8 Å². The Kier molecular flexibility index (Phi) is 0.533. The molecular formula is C7H8O2. The molecule has 2 heteroatoms. The van der Waals surface area contributed by atoms with Crippen LogP contribution >= 0.6 is 0 Å². The highest BCUT2D eigenvalue weighted by Crippen LogP contribution is 2.54. The fraction of sp³-hybridized carbons (Fsp3) is 0.857. The number of epoxide rings is 1. The molecule has 1 aliphatic heterocycles. The Morgan fingerprint density at radius 1 is 1.56 bits per heavy atom. The van der Waals surface area contributed by atoms with E-state index in [4.69, 9.17) is 4.74 Å². The molecule has 0 aromatic rings. The van der Waals surface area contributed by atoms with Gasteiger partial charge in [-0.1, -0.05) is 0 Å². The second kappa shape index (κ2) is 1.08. The van der Waals surface area contributed by atoms with Crippen molar-refractivity contribution < 1.29 is 9.53 Å². The second-order valence-electron chi connectivity index (χ2n) is 3.32. The SMILES string of the molecule is O=C1C[C@@H]2[C@@H]3O[C@@H]3C[C@H]12. The Labute approximate surface area is 53.2 Å². The van der Waals surface area contributed by atoms with Gasteiger partial charge >= 0.3 is 0 Å². The van der Waals surface area contributed by atoms with Gasteiger partial charge in [-0.2, -0.15) is 0 Å². The quantitative estimate of drug-likeness (QED) is 0.436. The minimum Gasteiger partial charge on any atom is -0.369 e. The molecule has 1 heterocycles. The van der Waals surface area contributed by atoms with Crippen LogP contribution in [0, 0.1) is 11.8 Å². The maximum Gasteiger partial charge on any atom is 0.136 e. The van der Waals surface area contributed by atoms with E-state index >= 15 is 0 Å². The molecule has 48 valence electrons. The minimum absolute atomic E-state index is 0.425. The lowest BCUT2D eigenvalue weighted by molar-refractivity contribution is -0.134. The molecule has 0 amide bonds. The summed E-state index contributed by atoms with van der Waals surface area (Å²) in [6, 6.07) is 0. The average Bonchev–Trinajstić information content (AvgIpc) is 2.52. The third-order valence-corrected chi connectivity index (χ3v) is 2.90. The van der Waals surface area contributed by atoms with Gasteiger partial charge in [-0.25, -0.2) is 0 Å². The van der Waals surface area contributed by atoms with Gasteiger partial charge in [-0.3, -0.25) is 4.79 Å². The van der Waals surface area contributed by atoms with Gasteiger partial charge in [0.1, 0.15) is 5.78 Å². The van der Waals surface area contributed by atoms with Crippen LogP contribution < -0.4 is 0 Å². The molecule has 3 rings (SSSR count). The highest BCUT2D eigenvalue weighted by molar-refractivity contribution is 5.88. The third-order valence-electron chi connectivity index (χ3n) is 2.90. The van der Waals surface area contributed by atoms with Crippen LogP contribution in [0.5, 0.6) is 0 Å². The van der Waals surface area contributed by atoms with Gasteiger partial charge in [-0.05, 0) is 6.42 Å². The van der Waals surface area contributed by atoms with E-state index in [1.165, 1.54) is 0 Å². The Hall–Kier alpha value is -0.370. The number of carbonyl (C=O) groups is 1. The molecule has 0 aromatic heterocycles. The lowest BCUT2D eigenvalue weighted by atomic mass is 9.74. The molecule has 2 saturated carbocycles. The molecule has 3 aliphatic rings. The van der Waals surface area contributed by atoms with Crippen molar-refractivity contribution in [2.75, 3.05) is 0 Å². The summed E-state index contributed by atoms with van der Waals surface area (Å²) in [7, 11) is 0. The van der Waals surface area contributed by atoms with E-state index in [1.807, 2.05) is 0 Å². The van der Waals surface area contributed by atoms with Crippen molar-refractivity contribution >= 4 is 5.78 Å². The van der Waals surface area contributed by atoms with Crippen molar-refractivity contribution in [2.45, 2.75) is 25.0 Å². The van der Waals surface area contributed by atoms with Crippen LogP contribution in [0.25, 0.3) is 0 Å². The van der Waals surface area contributed by atoms with Crippen LogP contribution in [-0.2, 0) is 9.53 Å². The first kappa shape index (κ1) is 4.45. The Balaban J connectivity index is 1.92. The highest BCUT2D eigenvalue weighted by atomic mass is 16.6. The average molecular weight is 124 g/mol. The minimum atomic E-state index is 0.425. The zero-order valence-electron chi connectivity index (χ0n) is 5.04. The first-order valence-electron chi connectivity index (χ1n) is 3.54.